The number of hydrogen-bond acceptors (Lipinski definition) is 4. The van der Waals surface area contributed by atoms with Crippen LogP contribution in [0.1, 0.15) is 35.4 Å². The van der Waals surface area contributed by atoms with Crippen molar-refractivity contribution in [2.45, 2.75) is 44.2 Å². The van der Waals surface area contributed by atoms with Crippen molar-refractivity contribution in [1.29, 1.82) is 0 Å². The smallest absolute Gasteiger partial charge is 0.243 e. The van der Waals surface area contributed by atoms with Crippen LogP contribution in [0.2, 0.25) is 0 Å². The first kappa shape index (κ1) is 18.6. The maximum Gasteiger partial charge on any atom is 0.243 e. The molecule has 0 atom stereocenters. The van der Waals surface area contributed by atoms with E-state index in [1.165, 1.54) is 34.8 Å². The first-order valence-electron chi connectivity index (χ1n) is 9.38. The summed E-state index contributed by atoms with van der Waals surface area (Å²) in [5.41, 5.74) is 3.61. The summed E-state index contributed by atoms with van der Waals surface area (Å²) in [7, 11) is -1.86. The second kappa shape index (κ2) is 7.00. The molecule has 2 aliphatic rings. The normalized spacial score (nSPS) is 18.8. The molecule has 0 bridgehead atoms. The Balaban J connectivity index is 1.59. The molecule has 0 saturated carbocycles. The summed E-state index contributed by atoms with van der Waals surface area (Å²) in [6.07, 6.45) is 3.10. The third-order valence-corrected chi connectivity index (χ3v) is 7.49. The second-order valence-electron chi connectivity index (χ2n) is 7.48. The number of aromatic nitrogens is 2. The minimum Gasteiger partial charge on any atom is -0.297 e. The maximum absolute atomic E-state index is 13.9. The standard InChI is InChI=1S/C19H25FN4O2S/c1-14-5-6-15(11-17(14)20)27(25,26)24-10-7-16-18(12-23-8-3-4-9-23)21-22(2)19(16)13-24/h5-6,11H,3-4,7-10,12-13H2,1-2H3. The molecule has 8 heteroatoms. The molecule has 2 aliphatic heterocycles. The van der Waals surface area contributed by atoms with Gasteiger partial charge in [0.15, 0.2) is 0 Å². The molecule has 3 heterocycles. The molecule has 0 aliphatic carbocycles. The summed E-state index contributed by atoms with van der Waals surface area (Å²) < 4.78 is 43.1. The molecule has 0 unspecified atom stereocenters. The van der Waals surface area contributed by atoms with Crippen molar-refractivity contribution >= 4 is 10.0 Å². The predicted octanol–water partition coefficient (Wildman–Crippen LogP) is 2.21. The Morgan fingerprint density at radius 2 is 1.93 bits per heavy atom. The fourth-order valence-electron chi connectivity index (χ4n) is 4.00. The largest absolute Gasteiger partial charge is 0.297 e. The van der Waals surface area contributed by atoms with Crippen LogP contribution in [0.4, 0.5) is 4.39 Å². The van der Waals surface area contributed by atoms with Crippen LogP contribution in [0.15, 0.2) is 23.1 Å². The van der Waals surface area contributed by atoms with Crippen molar-refractivity contribution in [3.63, 3.8) is 0 Å². The average Bonchev–Trinajstić information content (AvgIpc) is 3.26. The SMILES string of the molecule is Cc1ccc(S(=O)(=O)N2CCc3c(CN4CCCC4)nn(C)c3C2)cc1F. The zero-order chi connectivity index (χ0) is 19.2. The molecule has 2 aromatic rings. The highest BCUT2D eigenvalue weighted by atomic mass is 32.2. The van der Waals surface area contributed by atoms with Crippen LogP contribution in [0.3, 0.4) is 0 Å². The minimum absolute atomic E-state index is 0.00788. The Bertz CT molecular complexity index is 964. The van der Waals surface area contributed by atoms with Gasteiger partial charge in [-0.2, -0.15) is 9.40 Å². The first-order valence-corrected chi connectivity index (χ1v) is 10.8. The Labute approximate surface area is 159 Å². The van der Waals surface area contributed by atoms with Gasteiger partial charge in [0.2, 0.25) is 10.0 Å². The highest BCUT2D eigenvalue weighted by Gasteiger charge is 2.32. The minimum atomic E-state index is -3.73. The second-order valence-corrected chi connectivity index (χ2v) is 9.42. The fourth-order valence-corrected chi connectivity index (χ4v) is 5.41. The summed E-state index contributed by atoms with van der Waals surface area (Å²) in [6.45, 7) is 5.32. The molecule has 1 aromatic carbocycles. The lowest BCUT2D eigenvalue weighted by Crippen LogP contribution is -2.36. The van der Waals surface area contributed by atoms with E-state index in [1.807, 2.05) is 7.05 Å². The molecule has 0 amide bonds. The fraction of sp³-hybridized carbons (Fsp3) is 0.526. The zero-order valence-corrected chi connectivity index (χ0v) is 16.6. The lowest BCUT2D eigenvalue weighted by molar-refractivity contribution is 0.324. The molecular weight excluding hydrogens is 367 g/mol. The molecule has 27 heavy (non-hydrogen) atoms. The van der Waals surface area contributed by atoms with Gasteiger partial charge >= 0.3 is 0 Å². The van der Waals surface area contributed by atoms with Crippen LogP contribution >= 0.6 is 0 Å². The van der Waals surface area contributed by atoms with Crippen LogP contribution in [0, 0.1) is 12.7 Å². The number of halogens is 1. The Morgan fingerprint density at radius 3 is 2.63 bits per heavy atom. The van der Waals surface area contributed by atoms with Crippen molar-refractivity contribution in [1.82, 2.24) is 19.0 Å². The maximum atomic E-state index is 13.9. The number of aryl methyl sites for hydroxylation is 2. The molecule has 0 spiro atoms. The summed E-state index contributed by atoms with van der Waals surface area (Å²) in [5, 5.41) is 4.66. The lowest BCUT2D eigenvalue weighted by Gasteiger charge is -2.27. The molecule has 1 aromatic heterocycles. The third-order valence-electron chi connectivity index (χ3n) is 5.65. The Kier molecular flexibility index (Phi) is 4.82. The monoisotopic (exact) mass is 392 g/mol. The molecule has 4 rings (SSSR count). The van der Waals surface area contributed by atoms with Crippen LogP contribution in [0.5, 0.6) is 0 Å². The van der Waals surface area contributed by atoms with Gasteiger partial charge in [-0.05, 0) is 57.0 Å². The van der Waals surface area contributed by atoms with Gasteiger partial charge in [0, 0.05) is 25.7 Å². The number of rotatable bonds is 4. The third kappa shape index (κ3) is 3.41. The molecule has 1 fully saturated rings. The van der Waals surface area contributed by atoms with E-state index in [1.54, 1.807) is 11.6 Å². The van der Waals surface area contributed by atoms with Crippen molar-refractivity contribution < 1.29 is 12.8 Å². The highest BCUT2D eigenvalue weighted by Crippen LogP contribution is 2.28. The molecule has 0 radical (unpaired) electrons. The van der Waals surface area contributed by atoms with Gasteiger partial charge < -0.3 is 0 Å². The summed E-state index contributed by atoms with van der Waals surface area (Å²) >= 11 is 0. The summed E-state index contributed by atoms with van der Waals surface area (Å²) in [4.78, 5) is 2.41. The molecule has 1 saturated heterocycles. The Morgan fingerprint density at radius 1 is 1.19 bits per heavy atom. The quantitative estimate of drug-likeness (QED) is 0.801. The summed E-state index contributed by atoms with van der Waals surface area (Å²) in [6, 6.07) is 4.10. The number of likely N-dealkylation sites (tertiary alicyclic amines) is 1. The van der Waals surface area contributed by atoms with E-state index in [-0.39, 0.29) is 11.4 Å². The highest BCUT2D eigenvalue weighted by molar-refractivity contribution is 7.89. The van der Waals surface area contributed by atoms with Gasteiger partial charge in [-0.1, -0.05) is 6.07 Å². The van der Waals surface area contributed by atoms with E-state index < -0.39 is 15.8 Å². The number of hydrogen-bond donors (Lipinski definition) is 0. The zero-order valence-electron chi connectivity index (χ0n) is 15.8. The van der Waals surface area contributed by atoms with E-state index >= 15 is 0 Å². The van der Waals surface area contributed by atoms with Gasteiger partial charge in [0.25, 0.3) is 0 Å². The van der Waals surface area contributed by atoms with Gasteiger partial charge in [0.1, 0.15) is 5.82 Å². The van der Waals surface area contributed by atoms with E-state index in [9.17, 15) is 12.8 Å². The van der Waals surface area contributed by atoms with Crippen molar-refractivity contribution in [2.75, 3.05) is 19.6 Å². The van der Waals surface area contributed by atoms with E-state index in [0.717, 1.165) is 37.1 Å². The van der Waals surface area contributed by atoms with Crippen LogP contribution < -0.4 is 0 Å². The van der Waals surface area contributed by atoms with Crippen LogP contribution in [0.25, 0.3) is 0 Å². The van der Waals surface area contributed by atoms with Crippen LogP contribution in [-0.2, 0) is 36.6 Å². The number of sulfonamides is 1. The van der Waals surface area contributed by atoms with E-state index in [0.29, 0.717) is 18.5 Å². The van der Waals surface area contributed by atoms with Crippen LogP contribution in [-0.4, -0.2) is 47.0 Å². The molecule has 146 valence electrons. The van der Waals surface area contributed by atoms with E-state index in [4.69, 9.17) is 0 Å². The molecular formula is C19H25FN4O2S. The molecule has 6 nitrogen and oxygen atoms in total. The predicted molar refractivity (Wildman–Crippen MR) is 100 cm³/mol. The number of fused-ring (bicyclic) bond motifs is 1. The van der Waals surface area contributed by atoms with Crippen molar-refractivity contribution in [3.8, 4) is 0 Å². The van der Waals surface area contributed by atoms with Gasteiger partial charge in [-0.25, -0.2) is 12.8 Å². The van der Waals surface area contributed by atoms with Crippen molar-refractivity contribution in [3.05, 3.63) is 46.5 Å². The number of nitrogens with zero attached hydrogens (tertiary/aromatic N) is 4. The van der Waals surface area contributed by atoms with Gasteiger partial charge in [0.05, 0.1) is 22.8 Å². The van der Waals surface area contributed by atoms with Crippen molar-refractivity contribution in [2.24, 2.45) is 7.05 Å². The number of benzene rings is 1. The van der Waals surface area contributed by atoms with Gasteiger partial charge in [-0.15, -0.1) is 0 Å². The molecule has 0 N–H and O–H groups in total. The summed E-state index contributed by atoms with van der Waals surface area (Å²) in [5.74, 6) is -0.498. The topological polar surface area (TPSA) is 58.4 Å². The lowest BCUT2D eigenvalue weighted by atomic mass is 10.1. The van der Waals surface area contributed by atoms with Gasteiger partial charge in [-0.3, -0.25) is 9.58 Å². The Hall–Kier alpha value is -1.77. The first-order chi connectivity index (χ1) is 12.9. The average molecular weight is 393 g/mol. The van der Waals surface area contributed by atoms with E-state index in [2.05, 4.69) is 10.00 Å².